The Hall–Kier alpha value is -3.26. The number of nitrogens with two attached hydrogens (primary N) is 1. The molecule has 0 unspecified atom stereocenters. The molecule has 0 bridgehead atoms. The third-order valence-electron chi connectivity index (χ3n) is 4.24. The van der Waals surface area contributed by atoms with Crippen molar-refractivity contribution in [3.63, 3.8) is 0 Å². The number of hydrazine groups is 1. The van der Waals surface area contributed by atoms with Gasteiger partial charge in [0.15, 0.2) is 11.5 Å². The monoisotopic (exact) mass is 349 g/mol. The van der Waals surface area contributed by atoms with Crippen LogP contribution in [-0.2, 0) is 0 Å². The molecule has 0 radical (unpaired) electrons. The Kier molecular flexibility index (Phi) is 4.10. The van der Waals surface area contributed by atoms with Crippen molar-refractivity contribution in [2.45, 2.75) is 6.92 Å². The van der Waals surface area contributed by atoms with E-state index in [9.17, 15) is 0 Å². The molecule has 2 aromatic heterocycles. The minimum absolute atomic E-state index is 0.259. The third kappa shape index (κ3) is 2.91. The SMILES string of the molecule is CCN1C=C(c2cnc(N)c(-c3nnc(-c4ccccc4)o3)n2)CN1C. The number of hydrogen-bond donors (Lipinski definition) is 1. The zero-order valence-electron chi connectivity index (χ0n) is 14.6. The maximum absolute atomic E-state index is 6.01. The van der Waals surface area contributed by atoms with Crippen molar-refractivity contribution >= 4 is 11.4 Å². The zero-order valence-corrected chi connectivity index (χ0v) is 14.6. The number of nitrogens with zero attached hydrogens (tertiary/aromatic N) is 6. The van der Waals surface area contributed by atoms with Gasteiger partial charge in [-0.1, -0.05) is 18.2 Å². The molecule has 2 N–H and O–H groups in total. The molecule has 1 aromatic carbocycles. The normalized spacial score (nSPS) is 14.7. The van der Waals surface area contributed by atoms with Gasteiger partial charge in [0.2, 0.25) is 5.89 Å². The summed E-state index contributed by atoms with van der Waals surface area (Å²) >= 11 is 0. The smallest absolute Gasteiger partial charge is 0.270 e. The number of nitrogen functional groups attached to an aromatic ring is 1. The zero-order chi connectivity index (χ0) is 18.1. The van der Waals surface area contributed by atoms with Crippen LogP contribution in [0.4, 0.5) is 5.82 Å². The van der Waals surface area contributed by atoms with E-state index in [1.807, 2.05) is 37.4 Å². The summed E-state index contributed by atoms with van der Waals surface area (Å²) in [6, 6.07) is 9.56. The summed E-state index contributed by atoms with van der Waals surface area (Å²) in [5.41, 5.74) is 9.05. The molecule has 0 saturated heterocycles. The molecule has 132 valence electrons. The van der Waals surface area contributed by atoms with E-state index >= 15 is 0 Å². The minimum Gasteiger partial charge on any atom is -0.414 e. The highest BCUT2D eigenvalue weighted by atomic mass is 16.4. The fourth-order valence-electron chi connectivity index (χ4n) is 2.86. The summed E-state index contributed by atoms with van der Waals surface area (Å²) in [6.07, 6.45) is 3.74. The molecule has 0 fully saturated rings. The maximum atomic E-state index is 6.01. The van der Waals surface area contributed by atoms with Gasteiger partial charge in [-0.05, 0) is 19.1 Å². The molecule has 8 heteroatoms. The van der Waals surface area contributed by atoms with E-state index in [4.69, 9.17) is 10.2 Å². The van der Waals surface area contributed by atoms with Crippen LogP contribution < -0.4 is 5.73 Å². The molecule has 0 amide bonds. The van der Waals surface area contributed by atoms with Crippen LogP contribution in [0.15, 0.2) is 47.1 Å². The fraction of sp³-hybridized carbons (Fsp3) is 0.222. The van der Waals surface area contributed by atoms with Crippen LogP contribution in [0, 0.1) is 0 Å². The van der Waals surface area contributed by atoms with Crippen molar-refractivity contribution in [2.75, 3.05) is 25.9 Å². The summed E-state index contributed by atoms with van der Waals surface area (Å²) in [4.78, 5) is 8.90. The molecule has 8 nitrogen and oxygen atoms in total. The van der Waals surface area contributed by atoms with Crippen LogP contribution in [0.3, 0.4) is 0 Å². The second kappa shape index (κ2) is 6.57. The van der Waals surface area contributed by atoms with Crippen LogP contribution in [0.1, 0.15) is 12.6 Å². The molecule has 3 heterocycles. The predicted octanol–water partition coefficient (Wildman–Crippen LogP) is 2.30. The van der Waals surface area contributed by atoms with Crippen molar-refractivity contribution in [1.29, 1.82) is 0 Å². The van der Waals surface area contributed by atoms with Gasteiger partial charge in [0.05, 0.1) is 11.9 Å². The van der Waals surface area contributed by atoms with Gasteiger partial charge >= 0.3 is 0 Å². The maximum Gasteiger partial charge on any atom is 0.270 e. The average molecular weight is 349 g/mol. The van der Waals surface area contributed by atoms with E-state index in [2.05, 4.69) is 43.3 Å². The van der Waals surface area contributed by atoms with Gasteiger partial charge < -0.3 is 15.2 Å². The first-order chi connectivity index (χ1) is 12.7. The van der Waals surface area contributed by atoms with Crippen LogP contribution >= 0.6 is 0 Å². The number of anilines is 1. The van der Waals surface area contributed by atoms with Gasteiger partial charge in [-0.25, -0.2) is 15.0 Å². The standard InChI is InChI=1S/C18H19N7O/c1-3-25-11-13(10-24(25)2)14-9-20-16(19)15(21-14)18-23-22-17(26-18)12-7-5-4-6-8-12/h4-9,11H,3,10H2,1-2H3,(H2,19,20). The van der Waals surface area contributed by atoms with Crippen LogP contribution in [0.25, 0.3) is 28.6 Å². The summed E-state index contributed by atoms with van der Waals surface area (Å²) in [7, 11) is 2.03. The van der Waals surface area contributed by atoms with E-state index in [0.717, 1.165) is 29.9 Å². The Morgan fingerprint density at radius 3 is 2.65 bits per heavy atom. The van der Waals surface area contributed by atoms with Gasteiger partial charge in [-0.2, -0.15) is 0 Å². The minimum atomic E-state index is 0.259. The largest absolute Gasteiger partial charge is 0.414 e. The summed E-state index contributed by atoms with van der Waals surface area (Å²) < 4.78 is 5.77. The molecular formula is C18H19N7O. The number of rotatable bonds is 4. The van der Waals surface area contributed by atoms with Crippen LogP contribution in [0.5, 0.6) is 0 Å². The van der Waals surface area contributed by atoms with Gasteiger partial charge in [0, 0.05) is 37.5 Å². The molecular weight excluding hydrogens is 330 g/mol. The Balaban J connectivity index is 1.69. The highest BCUT2D eigenvalue weighted by Gasteiger charge is 2.22. The van der Waals surface area contributed by atoms with E-state index in [1.54, 1.807) is 6.20 Å². The Morgan fingerprint density at radius 1 is 1.15 bits per heavy atom. The lowest BCUT2D eigenvalue weighted by molar-refractivity contribution is 0.0914. The fourth-order valence-corrected chi connectivity index (χ4v) is 2.86. The molecule has 0 saturated carbocycles. The van der Waals surface area contributed by atoms with Gasteiger partial charge in [-0.15, -0.1) is 10.2 Å². The molecule has 0 spiro atoms. The highest BCUT2D eigenvalue weighted by molar-refractivity contribution is 5.70. The third-order valence-corrected chi connectivity index (χ3v) is 4.24. The molecule has 1 aliphatic heterocycles. The number of likely N-dealkylation sites (N-methyl/N-ethyl adjacent to an activating group) is 1. The second-order valence-electron chi connectivity index (χ2n) is 5.99. The van der Waals surface area contributed by atoms with E-state index < -0.39 is 0 Å². The molecule has 26 heavy (non-hydrogen) atoms. The van der Waals surface area contributed by atoms with Gasteiger partial charge in [-0.3, -0.25) is 0 Å². The predicted molar refractivity (Wildman–Crippen MR) is 98.2 cm³/mol. The van der Waals surface area contributed by atoms with Crippen molar-refractivity contribution < 1.29 is 4.42 Å². The highest BCUT2D eigenvalue weighted by Crippen LogP contribution is 2.28. The van der Waals surface area contributed by atoms with Crippen molar-refractivity contribution in [3.8, 4) is 23.0 Å². The second-order valence-corrected chi connectivity index (χ2v) is 5.99. The Labute approximate surface area is 151 Å². The summed E-state index contributed by atoms with van der Waals surface area (Å²) in [5, 5.41) is 12.4. The van der Waals surface area contributed by atoms with E-state index in [1.165, 1.54) is 0 Å². The average Bonchev–Trinajstić information content (AvgIpc) is 3.30. The van der Waals surface area contributed by atoms with Gasteiger partial charge in [0.1, 0.15) is 0 Å². The number of aromatic nitrogens is 4. The lowest BCUT2D eigenvalue weighted by Crippen LogP contribution is -2.31. The van der Waals surface area contributed by atoms with E-state index in [-0.39, 0.29) is 11.7 Å². The van der Waals surface area contributed by atoms with Crippen LogP contribution in [0.2, 0.25) is 0 Å². The first-order valence-corrected chi connectivity index (χ1v) is 8.36. The van der Waals surface area contributed by atoms with Gasteiger partial charge in [0.25, 0.3) is 5.89 Å². The lowest BCUT2D eigenvalue weighted by atomic mass is 10.2. The molecule has 3 aromatic rings. The topological polar surface area (TPSA) is 97.2 Å². The first kappa shape index (κ1) is 16.2. The summed E-state index contributed by atoms with van der Waals surface area (Å²) in [6.45, 7) is 3.74. The van der Waals surface area contributed by atoms with Crippen molar-refractivity contribution in [1.82, 2.24) is 30.2 Å². The van der Waals surface area contributed by atoms with Crippen molar-refractivity contribution in [2.24, 2.45) is 0 Å². The first-order valence-electron chi connectivity index (χ1n) is 8.36. The van der Waals surface area contributed by atoms with E-state index in [0.29, 0.717) is 11.6 Å². The quantitative estimate of drug-likeness (QED) is 0.766. The van der Waals surface area contributed by atoms with Crippen molar-refractivity contribution in [3.05, 3.63) is 48.4 Å². The number of hydrogen-bond acceptors (Lipinski definition) is 8. The van der Waals surface area contributed by atoms with Crippen LogP contribution in [-0.4, -0.2) is 50.3 Å². The Bertz CT molecular complexity index is 951. The number of benzene rings is 1. The Morgan fingerprint density at radius 2 is 1.92 bits per heavy atom. The summed E-state index contributed by atoms with van der Waals surface area (Å²) in [5.74, 6) is 0.940. The lowest BCUT2D eigenvalue weighted by Gasteiger charge is -2.22. The molecule has 0 atom stereocenters. The molecule has 0 aliphatic carbocycles. The molecule has 4 rings (SSSR count). The molecule has 1 aliphatic rings.